The van der Waals surface area contributed by atoms with Crippen LogP contribution in [0.25, 0.3) is 0 Å². The lowest BCUT2D eigenvalue weighted by molar-refractivity contribution is -0.187. The number of hydrogen-bond acceptors (Lipinski definition) is 4. The molecule has 0 atom stereocenters. The fourth-order valence-electron chi connectivity index (χ4n) is 2.75. The molecule has 2 aliphatic heterocycles. The monoisotopic (exact) mass is 358 g/mol. The molecule has 23 heavy (non-hydrogen) atoms. The van der Waals surface area contributed by atoms with Crippen molar-refractivity contribution in [1.29, 1.82) is 0 Å². The Balaban J connectivity index is 1.58. The van der Waals surface area contributed by atoms with Crippen LogP contribution in [0.15, 0.2) is 18.2 Å². The molecule has 0 bridgehead atoms. The van der Waals surface area contributed by atoms with Crippen LogP contribution in [0.3, 0.4) is 0 Å². The fourth-order valence-corrected chi connectivity index (χ4v) is 3.20. The first-order chi connectivity index (χ1) is 11.0. The van der Waals surface area contributed by atoms with Gasteiger partial charge in [-0.15, -0.1) is 0 Å². The average Bonchev–Trinajstić information content (AvgIpc) is 2.98. The van der Waals surface area contributed by atoms with Crippen molar-refractivity contribution in [2.45, 2.75) is 18.6 Å². The van der Waals surface area contributed by atoms with Crippen molar-refractivity contribution in [2.75, 3.05) is 31.6 Å². The van der Waals surface area contributed by atoms with Gasteiger partial charge in [-0.2, -0.15) is 0 Å². The molecule has 2 heterocycles. The summed E-state index contributed by atoms with van der Waals surface area (Å²) in [7, 11) is 0. The largest absolute Gasteiger partial charge is 0.347 e. The van der Waals surface area contributed by atoms with Crippen molar-refractivity contribution in [3.05, 3.63) is 28.2 Å². The topological polar surface area (TPSA) is 67.9 Å². The average molecular weight is 359 g/mol. The van der Waals surface area contributed by atoms with Crippen LogP contribution in [0.1, 0.15) is 12.8 Å². The van der Waals surface area contributed by atoms with Gasteiger partial charge in [0.05, 0.1) is 23.9 Å². The van der Waals surface area contributed by atoms with Crippen LogP contribution in [0.5, 0.6) is 0 Å². The second-order valence-corrected chi connectivity index (χ2v) is 6.32. The van der Waals surface area contributed by atoms with E-state index in [1.54, 1.807) is 12.1 Å². The molecule has 3 rings (SSSR count). The standard InChI is InChI=1S/C15H16Cl2N2O4/c16-10-1-2-12(11(17)9-10)18-13(20)14(21)19-5-3-15(4-6-19)22-7-8-23-15/h1-2,9H,3-8H2,(H,18,20). The zero-order valence-corrected chi connectivity index (χ0v) is 13.8. The third-order valence-electron chi connectivity index (χ3n) is 4.00. The van der Waals surface area contributed by atoms with Crippen molar-refractivity contribution >= 4 is 40.7 Å². The third-order valence-corrected chi connectivity index (χ3v) is 4.55. The molecule has 2 amide bonds. The smallest absolute Gasteiger partial charge is 0.313 e. The molecule has 124 valence electrons. The molecule has 1 aromatic rings. The first kappa shape index (κ1) is 16.5. The summed E-state index contributed by atoms with van der Waals surface area (Å²) >= 11 is 11.8. The lowest BCUT2D eigenvalue weighted by Crippen LogP contribution is -2.50. The molecule has 1 N–H and O–H groups in total. The predicted molar refractivity (Wildman–Crippen MR) is 85.5 cm³/mol. The van der Waals surface area contributed by atoms with Crippen LogP contribution in [-0.2, 0) is 19.1 Å². The first-order valence-corrected chi connectivity index (χ1v) is 8.08. The van der Waals surface area contributed by atoms with Gasteiger partial charge in [0.25, 0.3) is 0 Å². The van der Waals surface area contributed by atoms with E-state index >= 15 is 0 Å². The van der Waals surface area contributed by atoms with E-state index in [2.05, 4.69) is 5.32 Å². The van der Waals surface area contributed by atoms with Crippen molar-refractivity contribution in [2.24, 2.45) is 0 Å². The molecular formula is C15H16Cl2N2O4. The number of nitrogens with zero attached hydrogens (tertiary/aromatic N) is 1. The highest BCUT2D eigenvalue weighted by atomic mass is 35.5. The number of rotatable bonds is 1. The van der Waals surface area contributed by atoms with Crippen LogP contribution >= 0.6 is 23.2 Å². The summed E-state index contributed by atoms with van der Waals surface area (Å²) in [5, 5.41) is 3.25. The van der Waals surface area contributed by atoms with Crippen LogP contribution < -0.4 is 5.32 Å². The lowest BCUT2D eigenvalue weighted by atomic mass is 10.0. The molecule has 6 nitrogen and oxygen atoms in total. The number of likely N-dealkylation sites (tertiary alicyclic amines) is 1. The Labute approximate surface area is 143 Å². The third kappa shape index (κ3) is 3.61. The number of carbonyl (C=O) groups is 2. The van der Waals surface area contributed by atoms with E-state index in [1.165, 1.54) is 11.0 Å². The van der Waals surface area contributed by atoms with Gasteiger partial charge in [0.15, 0.2) is 5.79 Å². The number of amides is 2. The summed E-state index contributed by atoms with van der Waals surface area (Å²) in [6.07, 6.45) is 1.13. The second kappa shape index (κ2) is 6.65. The van der Waals surface area contributed by atoms with Gasteiger partial charge in [0, 0.05) is 31.0 Å². The van der Waals surface area contributed by atoms with Gasteiger partial charge < -0.3 is 19.7 Å². The van der Waals surface area contributed by atoms with Crippen molar-refractivity contribution in [1.82, 2.24) is 4.90 Å². The number of piperidine rings is 1. The normalized spacial score (nSPS) is 19.8. The number of nitrogens with one attached hydrogen (secondary N) is 1. The Kier molecular flexibility index (Phi) is 4.77. The van der Waals surface area contributed by atoms with Crippen molar-refractivity contribution in [3.63, 3.8) is 0 Å². The Morgan fingerprint density at radius 3 is 2.39 bits per heavy atom. The molecular weight excluding hydrogens is 343 g/mol. The van der Waals surface area contributed by atoms with E-state index < -0.39 is 17.6 Å². The summed E-state index contributed by atoms with van der Waals surface area (Å²) in [6.45, 7) is 1.98. The van der Waals surface area contributed by atoms with E-state index in [0.717, 1.165) is 0 Å². The minimum atomic E-state index is -0.724. The maximum atomic E-state index is 12.2. The minimum Gasteiger partial charge on any atom is -0.347 e. The molecule has 2 aliphatic rings. The Hall–Kier alpha value is -1.34. The van der Waals surface area contributed by atoms with Crippen LogP contribution in [0.4, 0.5) is 5.69 Å². The predicted octanol–water partition coefficient (Wildman–Crippen LogP) is 2.30. The van der Waals surface area contributed by atoms with Crippen LogP contribution in [0, 0.1) is 0 Å². The summed E-state index contributed by atoms with van der Waals surface area (Å²) in [4.78, 5) is 25.8. The molecule has 2 fully saturated rings. The Morgan fingerprint density at radius 1 is 1.13 bits per heavy atom. The van der Waals surface area contributed by atoms with Gasteiger partial charge in [-0.05, 0) is 18.2 Å². The zero-order chi connectivity index (χ0) is 16.4. The van der Waals surface area contributed by atoms with Crippen molar-refractivity contribution in [3.8, 4) is 0 Å². The second-order valence-electron chi connectivity index (χ2n) is 5.48. The highest BCUT2D eigenvalue weighted by Crippen LogP contribution is 2.31. The van der Waals surface area contributed by atoms with Gasteiger partial charge in [0.2, 0.25) is 0 Å². The molecule has 0 aliphatic carbocycles. The molecule has 1 spiro atoms. The van der Waals surface area contributed by atoms with E-state index in [1.807, 2.05) is 0 Å². The van der Waals surface area contributed by atoms with Crippen LogP contribution in [0.2, 0.25) is 10.0 Å². The molecule has 2 saturated heterocycles. The van der Waals surface area contributed by atoms with Gasteiger partial charge in [-0.1, -0.05) is 23.2 Å². The van der Waals surface area contributed by atoms with E-state index in [4.69, 9.17) is 32.7 Å². The lowest BCUT2D eigenvalue weighted by Gasteiger charge is -2.37. The zero-order valence-electron chi connectivity index (χ0n) is 12.3. The number of benzene rings is 1. The quantitative estimate of drug-likeness (QED) is 0.782. The highest BCUT2D eigenvalue weighted by molar-refractivity contribution is 6.42. The molecule has 0 saturated carbocycles. The summed E-state index contributed by atoms with van der Waals surface area (Å²) in [5.74, 6) is -1.89. The maximum Gasteiger partial charge on any atom is 0.313 e. The molecule has 8 heteroatoms. The number of anilines is 1. The number of hydrogen-bond donors (Lipinski definition) is 1. The first-order valence-electron chi connectivity index (χ1n) is 7.32. The Morgan fingerprint density at radius 2 is 1.78 bits per heavy atom. The maximum absolute atomic E-state index is 12.2. The van der Waals surface area contributed by atoms with Gasteiger partial charge in [0.1, 0.15) is 0 Å². The van der Waals surface area contributed by atoms with Gasteiger partial charge in [-0.3, -0.25) is 9.59 Å². The molecule has 0 unspecified atom stereocenters. The number of carbonyl (C=O) groups excluding carboxylic acids is 2. The highest BCUT2D eigenvalue weighted by Gasteiger charge is 2.41. The number of halogens is 2. The Bertz CT molecular complexity index is 622. The fraction of sp³-hybridized carbons (Fsp3) is 0.467. The van der Waals surface area contributed by atoms with E-state index in [-0.39, 0.29) is 5.02 Å². The van der Waals surface area contributed by atoms with Crippen molar-refractivity contribution < 1.29 is 19.1 Å². The molecule has 0 radical (unpaired) electrons. The number of ether oxygens (including phenoxy) is 2. The van der Waals surface area contributed by atoms with E-state index in [0.29, 0.717) is 49.9 Å². The summed E-state index contributed by atoms with van der Waals surface area (Å²) in [6, 6.07) is 4.65. The van der Waals surface area contributed by atoms with Gasteiger partial charge >= 0.3 is 11.8 Å². The van der Waals surface area contributed by atoms with E-state index in [9.17, 15) is 9.59 Å². The summed E-state index contributed by atoms with van der Waals surface area (Å²) < 4.78 is 11.2. The minimum absolute atomic E-state index is 0.281. The van der Waals surface area contributed by atoms with Crippen LogP contribution in [-0.4, -0.2) is 48.8 Å². The molecule has 0 aromatic heterocycles. The molecule has 1 aromatic carbocycles. The van der Waals surface area contributed by atoms with Gasteiger partial charge in [-0.25, -0.2) is 0 Å². The summed E-state index contributed by atoms with van der Waals surface area (Å²) in [5.41, 5.74) is 0.352. The SMILES string of the molecule is O=C(Nc1ccc(Cl)cc1Cl)C(=O)N1CCC2(CC1)OCCO2.